The third kappa shape index (κ3) is 5.22. The summed E-state index contributed by atoms with van der Waals surface area (Å²) in [4.78, 5) is 34.5. The fourth-order valence-corrected chi connectivity index (χ4v) is 5.05. The number of carbonyl (C=O) groups excluding carboxylic acids is 2. The van der Waals surface area contributed by atoms with Crippen molar-refractivity contribution in [2.45, 2.75) is 38.2 Å². The number of allylic oxidation sites excluding steroid dienone is 1. The second-order valence-electron chi connectivity index (χ2n) is 9.11. The minimum atomic E-state index is -0.429. The molecule has 1 aromatic heterocycles. The fraction of sp³-hybridized carbons (Fsp3) is 0.385. The van der Waals surface area contributed by atoms with Crippen LogP contribution in [0.1, 0.15) is 32.1 Å². The molecular weight excluding hydrogens is 471 g/mol. The Hall–Kier alpha value is -3.26. The Morgan fingerprint density at radius 3 is 2.80 bits per heavy atom. The first kappa shape index (κ1) is 23.5. The maximum atomic E-state index is 14.9. The van der Waals surface area contributed by atoms with E-state index in [1.807, 2.05) is 4.90 Å². The van der Waals surface area contributed by atoms with Gasteiger partial charge in [0.15, 0.2) is 5.78 Å². The summed E-state index contributed by atoms with van der Waals surface area (Å²) in [6, 6.07) is 8.14. The molecule has 182 valence electrons. The maximum absolute atomic E-state index is 14.9. The van der Waals surface area contributed by atoms with E-state index in [0.717, 1.165) is 32.1 Å². The number of rotatable bonds is 6. The van der Waals surface area contributed by atoms with E-state index in [2.05, 4.69) is 15.3 Å². The van der Waals surface area contributed by atoms with Crippen LogP contribution in [0.15, 0.2) is 52.3 Å². The quantitative estimate of drug-likeness (QED) is 0.633. The van der Waals surface area contributed by atoms with Crippen LogP contribution >= 0.6 is 11.6 Å². The third-order valence-corrected chi connectivity index (χ3v) is 7.10. The number of pyridine rings is 1. The second-order valence-corrected chi connectivity index (χ2v) is 9.49. The minimum absolute atomic E-state index is 0.0161. The summed E-state index contributed by atoms with van der Waals surface area (Å²) >= 11 is 6.18. The van der Waals surface area contributed by atoms with Crippen molar-refractivity contribution < 1.29 is 18.7 Å². The lowest BCUT2D eigenvalue weighted by Gasteiger charge is -2.22. The monoisotopic (exact) mass is 496 g/mol. The van der Waals surface area contributed by atoms with Gasteiger partial charge in [0.2, 0.25) is 11.8 Å². The van der Waals surface area contributed by atoms with Gasteiger partial charge in [0.25, 0.3) is 0 Å². The van der Waals surface area contributed by atoms with E-state index in [9.17, 15) is 14.0 Å². The van der Waals surface area contributed by atoms with E-state index in [-0.39, 0.29) is 35.3 Å². The summed E-state index contributed by atoms with van der Waals surface area (Å²) in [6.07, 6.45) is 7.70. The van der Waals surface area contributed by atoms with Gasteiger partial charge in [-0.05, 0) is 42.7 Å². The Morgan fingerprint density at radius 1 is 1.17 bits per heavy atom. The Kier molecular flexibility index (Phi) is 6.81. The van der Waals surface area contributed by atoms with Crippen molar-refractivity contribution in [1.82, 2.24) is 9.88 Å². The van der Waals surface area contributed by atoms with Gasteiger partial charge >= 0.3 is 0 Å². The van der Waals surface area contributed by atoms with Crippen LogP contribution in [0.5, 0.6) is 5.88 Å². The third-order valence-electron chi connectivity index (χ3n) is 6.70. The Morgan fingerprint density at radius 2 is 2.00 bits per heavy atom. The second kappa shape index (κ2) is 10.2. The van der Waals surface area contributed by atoms with Crippen LogP contribution in [0.3, 0.4) is 0 Å². The largest absolute Gasteiger partial charge is 0.472 e. The number of benzene rings is 1. The number of aromatic nitrogens is 1. The van der Waals surface area contributed by atoms with Gasteiger partial charge in [-0.15, -0.1) is 0 Å². The Balaban J connectivity index is 1.25. The van der Waals surface area contributed by atoms with Gasteiger partial charge in [0.1, 0.15) is 23.5 Å². The molecule has 0 spiro atoms. The van der Waals surface area contributed by atoms with E-state index >= 15 is 0 Å². The number of nitrogens with one attached hydrogen (secondary N) is 1. The van der Waals surface area contributed by atoms with Gasteiger partial charge in [-0.3, -0.25) is 14.6 Å². The minimum Gasteiger partial charge on any atom is -0.472 e. The first-order valence-electron chi connectivity index (χ1n) is 11.9. The van der Waals surface area contributed by atoms with Crippen molar-refractivity contribution in [1.29, 1.82) is 0 Å². The molecule has 3 aliphatic rings. The van der Waals surface area contributed by atoms with Crippen molar-refractivity contribution in [3.63, 3.8) is 0 Å². The van der Waals surface area contributed by atoms with Crippen molar-refractivity contribution in [3.05, 3.63) is 53.1 Å². The molecule has 0 bridgehead atoms. The average molecular weight is 497 g/mol. The predicted octanol–water partition coefficient (Wildman–Crippen LogP) is 4.57. The number of likely N-dealkylation sites (tertiary alicyclic amines) is 1. The smallest absolute Gasteiger partial charge is 0.227 e. The van der Waals surface area contributed by atoms with Crippen molar-refractivity contribution in [2.75, 3.05) is 25.0 Å². The van der Waals surface area contributed by atoms with Crippen LogP contribution in [0, 0.1) is 11.7 Å². The number of ether oxygens (including phenoxy) is 1. The van der Waals surface area contributed by atoms with E-state index in [1.165, 1.54) is 6.07 Å². The summed E-state index contributed by atoms with van der Waals surface area (Å²) in [5, 5.41) is 3.04. The molecule has 1 atom stereocenters. The molecule has 2 fully saturated rings. The van der Waals surface area contributed by atoms with Gasteiger partial charge in [0, 0.05) is 48.6 Å². The molecule has 7 nitrogen and oxygen atoms in total. The van der Waals surface area contributed by atoms with Crippen LogP contribution < -0.4 is 10.1 Å². The lowest BCUT2D eigenvalue weighted by molar-refractivity contribution is -0.119. The highest BCUT2D eigenvalue weighted by Crippen LogP contribution is 2.30. The number of Topliss-reactive ketones (excluding diaryl/α,β-unsaturated/α-hetero) is 1. The Labute approximate surface area is 208 Å². The molecule has 9 heteroatoms. The lowest BCUT2D eigenvalue weighted by Crippen LogP contribution is -2.28. The zero-order chi connectivity index (χ0) is 24.4. The molecule has 1 aromatic carbocycles. The molecule has 1 aliphatic carbocycles. The van der Waals surface area contributed by atoms with Crippen molar-refractivity contribution >= 4 is 35.2 Å². The number of amides is 1. The highest BCUT2D eigenvalue weighted by Gasteiger charge is 2.29. The van der Waals surface area contributed by atoms with E-state index in [0.29, 0.717) is 41.5 Å². The molecule has 0 unspecified atom stereocenters. The predicted molar refractivity (Wildman–Crippen MR) is 132 cm³/mol. The van der Waals surface area contributed by atoms with Crippen LogP contribution in [0.4, 0.5) is 10.1 Å². The Bertz CT molecular complexity index is 1210. The molecule has 1 N–H and O–H groups in total. The standard InChI is InChI=1S/C26H26ClFN4O3/c27-25-22(13-29-14-23(25)33)32-10-8-19(15-32)35-24-11-17(7-9-30-24)20-6-5-18(12-21(20)28)31-26(34)16-3-1-2-4-16/h5-7,9,11-13,16,19H,1-4,8,10,14-15H2,(H,31,34)/t19-/m1/s1. The maximum Gasteiger partial charge on any atom is 0.227 e. The molecular formula is C26H26ClFN4O3. The number of aliphatic imine (C=N–C) groups is 1. The van der Waals surface area contributed by atoms with Crippen LogP contribution in [-0.4, -0.2) is 53.5 Å². The summed E-state index contributed by atoms with van der Waals surface area (Å²) in [7, 11) is 0. The van der Waals surface area contributed by atoms with Crippen LogP contribution in [0.25, 0.3) is 11.1 Å². The van der Waals surface area contributed by atoms with E-state index in [1.54, 1.807) is 36.7 Å². The number of anilines is 1. The number of hydrogen-bond acceptors (Lipinski definition) is 6. The highest BCUT2D eigenvalue weighted by molar-refractivity contribution is 6.44. The summed E-state index contributed by atoms with van der Waals surface area (Å²) in [5.74, 6) is -0.251. The molecule has 1 saturated carbocycles. The number of halogens is 2. The topological polar surface area (TPSA) is 83.9 Å². The van der Waals surface area contributed by atoms with Crippen LogP contribution in [-0.2, 0) is 9.59 Å². The molecule has 2 aromatic rings. The normalized spacial score (nSPS) is 20.6. The van der Waals surface area contributed by atoms with Gasteiger partial charge in [-0.1, -0.05) is 24.4 Å². The summed E-state index contributed by atoms with van der Waals surface area (Å²) < 4.78 is 21.0. The molecule has 1 amide bonds. The molecule has 35 heavy (non-hydrogen) atoms. The zero-order valence-corrected chi connectivity index (χ0v) is 19.9. The SMILES string of the molecule is O=C1CN=CC(N2CC[C@@H](Oc3cc(-c4ccc(NC(=O)C5CCCC5)cc4F)ccn3)C2)=C1Cl. The summed E-state index contributed by atoms with van der Waals surface area (Å²) in [5.41, 5.74) is 2.11. The summed E-state index contributed by atoms with van der Waals surface area (Å²) in [6.45, 7) is 1.30. The molecule has 2 aliphatic heterocycles. The molecule has 3 heterocycles. The van der Waals surface area contributed by atoms with Crippen molar-refractivity contribution in [3.8, 4) is 17.0 Å². The van der Waals surface area contributed by atoms with Gasteiger partial charge in [0.05, 0.1) is 12.2 Å². The number of dihydropyridines is 1. The molecule has 1 saturated heterocycles. The number of hydrogen-bond donors (Lipinski definition) is 1. The highest BCUT2D eigenvalue weighted by atomic mass is 35.5. The molecule has 0 radical (unpaired) electrons. The first-order valence-corrected chi connectivity index (χ1v) is 12.3. The lowest BCUT2D eigenvalue weighted by atomic mass is 10.0. The number of nitrogens with zero attached hydrogens (tertiary/aromatic N) is 3. The van der Waals surface area contributed by atoms with Gasteiger partial charge < -0.3 is 15.0 Å². The zero-order valence-electron chi connectivity index (χ0n) is 19.2. The van der Waals surface area contributed by atoms with Crippen molar-refractivity contribution in [2.24, 2.45) is 10.9 Å². The number of carbonyl (C=O) groups is 2. The number of ketones is 1. The molecule has 5 rings (SSSR count). The fourth-order valence-electron chi connectivity index (χ4n) is 4.82. The average Bonchev–Trinajstić information content (AvgIpc) is 3.54. The van der Waals surface area contributed by atoms with E-state index in [4.69, 9.17) is 16.3 Å². The first-order chi connectivity index (χ1) is 17.0. The van der Waals surface area contributed by atoms with Crippen LogP contribution in [0.2, 0.25) is 0 Å². The van der Waals surface area contributed by atoms with Gasteiger partial charge in [-0.25, -0.2) is 9.37 Å². The van der Waals surface area contributed by atoms with E-state index < -0.39 is 5.82 Å². The van der Waals surface area contributed by atoms with Gasteiger partial charge in [-0.2, -0.15) is 0 Å².